The number of likely N-dealkylation sites (N-methyl/N-ethyl adjacent to an activating group) is 1. The van der Waals surface area contributed by atoms with Crippen LogP contribution in [0.2, 0.25) is 0 Å². The third-order valence-electron chi connectivity index (χ3n) is 8.07. The number of fused-ring (bicyclic) bond motifs is 2. The summed E-state index contributed by atoms with van der Waals surface area (Å²) in [5.74, 6) is 1.25. The summed E-state index contributed by atoms with van der Waals surface area (Å²) in [4.78, 5) is 15.9. The smallest absolute Gasteiger partial charge is 0.158 e. The molecule has 0 bridgehead atoms. The number of anilines is 1. The summed E-state index contributed by atoms with van der Waals surface area (Å²) < 4.78 is 7.47. The Morgan fingerprint density at radius 3 is 2.65 bits per heavy atom. The summed E-state index contributed by atoms with van der Waals surface area (Å²) in [5.41, 5.74) is 8.87. The Morgan fingerprint density at radius 1 is 1.16 bits per heavy atom. The standard InChI is InChI=1S/C29H41N7O/c1-7-21(15-35(8-2)22-11-13-37-14-12-22)32-25-10-9-24-28(34-25)26(18(3)4)27(33-24)23-16-36-29(30-17-31-36)20(6)19(23)5/h9-10,16-18,21-22,33H,7-8,11-15H2,1-6H3,(H,32,34)/t21-/m0/s1. The summed E-state index contributed by atoms with van der Waals surface area (Å²) in [6, 6.07) is 5.23. The molecule has 37 heavy (non-hydrogen) atoms. The Morgan fingerprint density at radius 2 is 1.95 bits per heavy atom. The summed E-state index contributed by atoms with van der Waals surface area (Å²) in [5, 5.41) is 8.17. The minimum absolute atomic E-state index is 0.309. The number of nitrogens with zero attached hydrogens (tertiary/aromatic N) is 5. The SMILES string of the molecule is CC[C@@H](CN(CC)C1CCOCC1)Nc1ccc2[nH]c(-c3cn4ncnc4c(C)c3C)c(C(C)C)c2n1. The molecule has 0 unspecified atom stereocenters. The molecule has 8 heteroatoms. The number of aromatic nitrogens is 5. The van der Waals surface area contributed by atoms with Gasteiger partial charge in [0.25, 0.3) is 0 Å². The van der Waals surface area contributed by atoms with E-state index in [2.05, 4.69) is 85.2 Å². The molecule has 4 aromatic heterocycles. The van der Waals surface area contributed by atoms with Crippen LogP contribution in [0, 0.1) is 13.8 Å². The predicted octanol–water partition coefficient (Wildman–Crippen LogP) is 5.70. The largest absolute Gasteiger partial charge is 0.381 e. The van der Waals surface area contributed by atoms with Crippen LogP contribution in [-0.2, 0) is 4.74 Å². The summed E-state index contributed by atoms with van der Waals surface area (Å²) in [6.45, 7) is 17.1. The van der Waals surface area contributed by atoms with Crippen molar-refractivity contribution in [2.45, 2.75) is 78.8 Å². The maximum Gasteiger partial charge on any atom is 0.158 e. The van der Waals surface area contributed by atoms with Crippen LogP contribution in [0.1, 0.15) is 69.6 Å². The Balaban J connectivity index is 1.47. The Hall–Kier alpha value is -2.97. The monoisotopic (exact) mass is 503 g/mol. The van der Waals surface area contributed by atoms with E-state index in [1.165, 1.54) is 11.1 Å². The van der Waals surface area contributed by atoms with Crippen LogP contribution >= 0.6 is 0 Å². The van der Waals surface area contributed by atoms with Crippen molar-refractivity contribution in [3.8, 4) is 11.3 Å². The van der Waals surface area contributed by atoms with Gasteiger partial charge in [-0.05, 0) is 68.8 Å². The van der Waals surface area contributed by atoms with Crippen LogP contribution in [0.3, 0.4) is 0 Å². The average molecular weight is 504 g/mol. The lowest BCUT2D eigenvalue weighted by Crippen LogP contribution is -2.45. The zero-order chi connectivity index (χ0) is 26.1. The number of nitrogens with one attached hydrogen (secondary N) is 2. The van der Waals surface area contributed by atoms with Gasteiger partial charge in [-0.2, -0.15) is 5.10 Å². The molecule has 1 aliphatic rings. The van der Waals surface area contributed by atoms with Gasteiger partial charge in [0.2, 0.25) is 0 Å². The first-order valence-electron chi connectivity index (χ1n) is 13.8. The van der Waals surface area contributed by atoms with E-state index in [-0.39, 0.29) is 0 Å². The summed E-state index contributed by atoms with van der Waals surface area (Å²) >= 11 is 0. The van der Waals surface area contributed by atoms with Crippen molar-refractivity contribution < 1.29 is 4.74 Å². The third-order valence-corrected chi connectivity index (χ3v) is 8.07. The van der Waals surface area contributed by atoms with Gasteiger partial charge in [-0.1, -0.05) is 27.7 Å². The number of ether oxygens (including phenoxy) is 1. The van der Waals surface area contributed by atoms with Gasteiger partial charge in [0.05, 0.1) is 16.7 Å². The Labute approximate surface area is 219 Å². The number of H-pyrrole nitrogens is 1. The first-order chi connectivity index (χ1) is 17.9. The lowest BCUT2D eigenvalue weighted by molar-refractivity contribution is 0.0344. The molecule has 198 valence electrons. The fraction of sp³-hybridized carbons (Fsp3) is 0.552. The highest BCUT2D eigenvalue weighted by Crippen LogP contribution is 2.37. The molecule has 5 heterocycles. The van der Waals surface area contributed by atoms with Crippen molar-refractivity contribution in [1.82, 2.24) is 29.5 Å². The van der Waals surface area contributed by atoms with E-state index in [0.717, 1.165) is 84.9 Å². The Kier molecular flexibility index (Phi) is 7.49. The number of aromatic amines is 1. The van der Waals surface area contributed by atoms with E-state index in [1.807, 2.05) is 4.52 Å². The van der Waals surface area contributed by atoms with Gasteiger partial charge in [0, 0.05) is 49.2 Å². The molecular weight excluding hydrogens is 462 g/mol. The maximum atomic E-state index is 5.59. The predicted molar refractivity (Wildman–Crippen MR) is 150 cm³/mol. The molecular formula is C29H41N7O. The van der Waals surface area contributed by atoms with Gasteiger partial charge >= 0.3 is 0 Å². The highest BCUT2D eigenvalue weighted by atomic mass is 16.5. The highest BCUT2D eigenvalue weighted by Gasteiger charge is 2.24. The van der Waals surface area contributed by atoms with Gasteiger partial charge in [-0.25, -0.2) is 14.5 Å². The number of hydrogen-bond acceptors (Lipinski definition) is 6. The van der Waals surface area contributed by atoms with Crippen LogP contribution in [0.5, 0.6) is 0 Å². The minimum Gasteiger partial charge on any atom is -0.381 e. The number of aryl methyl sites for hydroxylation is 1. The van der Waals surface area contributed by atoms with Gasteiger partial charge in [0.1, 0.15) is 12.1 Å². The topological polar surface area (TPSA) is 83.4 Å². The molecule has 1 aliphatic heterocycles. The third kappa shape index (κ3) is 4.97. The number of rotatable bonds is 9. The van der Waals surface area contributed by atoms with Crippen LogP contribution < -0.4 is 5.32 Å². The second-order valence-electron chi connectivity index (χ2n) is 10.7. The highest BCUT2D eigenvalue weighted by molar-refractivity contribution is 5.90. The van der Waals surface area contributed by atoms with Gasteiger partial charge in [-0.15, -0.1) is 0 Å². The molecule has 0 radical (unpaired) electrons. The lowest BCUT2D eigenvalue weighted by atomic mass is 9.95. The second kappa shape index (κ2) is 10.8. The van der Waals surface area contributed by atoms with E-state index in [9.17, 15) is 0 Å². The average Bonchev–Trinajstić information content (AvgIpc) is 3.53. The van der Waals surface area contributed by atoms with Crippen LogP contribution in [0.4, 0.5) is 5.82 Å². The zero-order valence-electron chi connectivity index (χ0n) is 23.1. The quantitative estimate of drug-likeness (QED) is 0.305. The van der Waals surface area contributed by atoms with Crippen molar-refractivity contribution in [1.29, 1.82) is 0 Å². The van der Waals surface area contributed by atoms with Gasteiger partial charge < -0.3 is 15.0 Å². The molecule has 8 nitrogen and oxygen atoms in total. The van der Waals surface area contributed by atoms with Crippen LogP contribution in [-0.4, -0.2) is 67.9 Å². The minimum atomic E-state index is 0.309. The van der Waals surface area contributed by atoms with E-state index in [1.54, 1.807) is 6.33 Å². The number of pyridine rings is 2. The zero-order valence-corrected chi connectivity index (χ0v) is 23.1. The van der Waals surface area contributed by atoms with E-state index < -0.39 is 0 Å². The molecule has 5 rings (SSSR count). The molecule has 0 aliphatic carbocycles. The van der Waals surface area contributed by atoms with Crippen LogP contribution in [0.15, 0.2) is 24.7 Å². The fourth-order valence-electron chi connectivity index (χ4n) is 5.75. The van der Waals surface area contributed by atoms with Crippen LogP contribution in [0.25, 0.3) is 27.9 Å². The molecule has 1 atom stereocenters. The maximum absolute atomic E-state index is 5.59. The molecule has 4 aromatic rings. The lowest BCUT2D eigenvalue weighted by Gasteiger charge is -2.36. The molecule has 1 saturated heterocycles. The van der Waals surface area contributed by atoms with Crippen molar-refractivity contribution in [2.75, 3.05) is 31.6 Å². The van der Waals surface area contributed by atoms with E-state index in [4.69, 9.17) is 9.72 Å². The first kappa shape index (κ1) is 25.7. The normalized spacial score (nSPS) is 15.9. The van der Waals surface area contributed by atoms with Crippen molar-refractivity contribution >= 4 is 22.5 Å². The van der Waals surface area contributed by atoms with Gasteiger partial charge in [-0.3, -0.25) is 4.90 Å². The molecule has 2 N–H and O–H groups in total. The summed E-state index contributed by atoms with van der Waals surface area (Å²) in [6.07, 6.45) is 7.00. The number of hydrogen-bond donors (Lipinski definition) is 2. The van der Waals surface area contributed by atoms with E-state index in [0.29, 0.717) is 18.0 Å². The molecule has 0 aromatic carbocycles. The van der Waals surface area contributed by atoms with Crippen molar-refractivity contribution in [2.24, 2.45) is 0 Å². The second-order valence-corrected chi connectivity index (χ2v) is 10.7. The molecule has 0 spiro atoms. The molecule has 0 saturated carbocycles. The molecule has 0 amide bonds. The van der Waals surface area contributed by atoms with Crippen molar-refractivity contribution in [3.63, 3.8) is 0 Å². The fourth-order valence-corrected chi connectivity index (χ4v) is 5.75. The van der Waals surface area contributed by atoms with E-state index >= 15 is 0 Å². The Bertz CT molecular complexity index is 1370. The first-order valence-corrected chi connectivity index (χ1v) is 13.8. The van der Waals surface area contributed by atoms with Crippen molar-refractivity contribution in [3.05, 3.63) is 41.3 Å². The molecule has 1 fully saturated rings. The summed E-state index contributed by atoms with van der Waals surface area (Å²) in [7, 11) is 0. The van der Waals surface area contributed by atoms with Gasteiger partial charge in [0.15, 0.2) is 5.65 Å².